The van der Waals surface area contributed by atoms with Gasteiger partial charge in [-0.05, 0) is 12.8 Å². The summed E-state index contributed by atoms with van der Waals surface area (Å²) in [6.07, 6.45) is 2.08. The molecule has 22 heavy (non-hydrogen) atoms. The van der Waals surface area contributed by atoms with Crippen LogP contribution < -0.4 is 10.6 Å². The van der Waals surface area contributed by atoms with Gasteiger partial charge in [-0.25, -0.2) is 8.42 Å². The van der Waals surface area contributed by atoms with Crippen LogP contribution in [-0.2, 0) is 19.3 Å². The number of guanidine groups is 1. The molecule has 2 N–H and O–H groups in total. The van der Waals surface area contributed by atoms with E-state index >= 15 is 0 Å². The standard InChI is InChI=1S/C13H27N3O4S.HI/c1-3-21(17,18)10-7-16-13(14-2)15-6-4-8-20-12-5-9-19-11-12;/h12H,3-11H2,1-2H3,(H2,14,15,16);1H. The van der Waals surface area contributed by atoms with E-state index in [1.807, 2.05) is 0 Å². The van der Waals surface area contributed by atoms with Crippen LogP contribution >= 0.6 is 24.0 Å². The highest BCUT2D eigenvalue weighted by atomic mass is 127. The second-order valence-electron chi connectivity index (χ2n) is 4.87. The van der Waals surface area contributed by atoms with E-state index in [2.05, 4.69) is 15.6 Å². The highest BCUT2D eigenvalue weighted by Gasteiger charge is 2.15. The fraction of sp³-hybridized carbons (Fsp3) is 0.923. The summed E-state index contributed by atoms with van der Waals surface area (Å²) in [5.74, 6) is 0.906. The molecule has 1 rings (SSSR count). The molecule has 1 unspecified atom stereocenters. The molecule has 0 aromatic rings. The second kappa shape index (κ2) is 12.3. The third-order valence-electron chi connectivity index (χ3n) is 3.22. The van der Waals surface area contributed by atoms with Gasteiger partial charge in [-0.15, -0.1) is 24.0 Å². The van der Waals surface area contributed by atoms with E-state index in [1.54, 1.807) is 14.0 Å². The van der Waals surface area contributed by atoms with Gasteiger partial charge in [0.25, 0.3) is 0 Å². The summed E-state index contributed by atoms with van der Waals surface area (Å²) >= 11 is 0. The molecule has 0 bridgehead atoms. The third-order valence-corrected chi connectivity index (χ3v) is 4.93. The van der Waals surface area contributed by atoms with Gasteiger partial charge < -0.3 is 20.1 Å². The van der Waals surface area contributed by atoms with E-state index in [-0.39, 0.29) is 41.6 Å². The van der Waals surface area contributed by atoms with Crippen molar-refractivity contribution in [1.82, 2.24) is 10.6 Å². The summed E-state index contributed by atoms with van der Waals surface area (Å²) < 4.78 is 33.6. The van der Waals surface area contributed by atoms with Crippen molar-refractivity contribution in [1.29, 1.82) is 0 Å². The fourth-order valence-electron chi connectivity index (χ4n) is 1.86. The predicted octanol–water partition coefficient (Wildman–Crippen LogP) is 0.400. The summed E-state index contributed by atoms with van der Waals surface area (Å²) in [7, 11) is -1.28. The number of aliphatic imine (C=N–C) groups is 1. The maximum Gasteiger partial charge on any atom is 0.191 e. The zero-order valence-electron chi connectivity index (χ0n) is 13.3. The molecule has 1 fully saturated rings. The highest BCUT2D eigenvalue weighted by Crippen LogP contribution is 2.07. The largest absolute Gasteiger partial charge is 0.379 e. The summed E-state index contributed by atoms with van der Waals surface area (Å²) in [6, 6.07) is 0. The topological polar surface area (TPSA) is 89.0 Å². The fourth-order valence-corrected chi connectivity index (χ4v) is 2.56. The number of nitrogens with zero attached hydrogens (tertiary/aromatic N) is 1. The van der Waals surface area contributed by atoms with Crippen LogP contribution in [0.25, 0.3) is 0 Å². The average molecular weight is 449 g/mol. The molecule has 1 heterocycles. The van der Waals surface area contributed by atoms with Gasteiger partial charge >= 0.3 is 0 Å². The number of sulfone groups is 1. The lowest BCUT2D eigenvalue weighted by molar-refractivity contribution is 0.0420. The van der Waals surface area contributed by atoms with E-state index in [0.29, 0.717) is 25.7 Å². The van der Waals surface area contributed by atoms with Gasteiger partial charge in [-0.1, -0.05) is 6.92 Å². The molecule has 1 aliphatic heterocycles. The Morgan fingerprint density at radius 2 is 2.09 bits per heavy atom. The minimum atomic E-state index is -2.94. The van der Waals surface area contributed by atoms with E-state index in [1.165, 1.54) is 0 Å². The van der Waals surface area contributed by atoms with Gasteiger partial charge in [-0.3, -0.25) is 4.99 Å². The maximum absolute atomic E-state index is 11.4. The zero-order valence-corrected chi connectivity index (χ0v) is 16.5. The number of hydrogen-bond acceptors (Lipinski definition) is 5. The van der Waals surface area contributed by atoms with E-state index in [0.717, 1.165) is 26.0 Å². The molecule has 1 aliphatic rings. The Hall–Kier alpha value is -0.130. The Balaban J connectivity index is 0.00000441. The first-order valence-electron chi connectivity index (χ1n) is 7.41. The molecule has 7 nitrogen and oxygen atoms in total. The molecule has 9 heteroatoms. The first-order chi connectivity index (χ1) is 10.1. The molecule has 0 radical (unpaired) electrons. The van der Waals surface area contributed by atoms with Gasteiger partial charge in [0.2, 0.25) is 0 Å². The van der Waals surface area contributed by atoms with Gasteiger partial charge in [0.15, 0.2) is 15.8 Å². The monoisotopic (exact) mass is 449 g/mol. The van der Waals surface area contributed by atoms with Crippen molar-refractivity contribution < 1.29 is 17.9 Å². The lowest BCUT2D eigenvalue weighted by atomic mass is 10.3. The van der Waals surface area contributed by atoms with Crippen molar-refractivity contribution in [2.24, 2.45) is 4.99 Å². The Morgan fingerprint density at radius 3 is 2.68 bits per heavy atom. The minimum Gasteiger partial charge on any atom is -0.379 e. The lowest BCUT2D eigenvalue weighted by Crippen LogP contribution is -2.40. The number of rotatable bonds is 9. The predicted molar refractivity (Wildman–Crippen MR) is 98.9 cm³/mol. The molecular formula is C13H28IN3O4S. The van der Waals surface area contributed by atoms with Crippen molar-refractivity contribution in [3.8, 4) is 0 Å². The molecule has 0 spiro atoms. The number of ether oxygens (including phenoxy) is 2. The Bertz CT molecular complexity index is 412. The Kier molecular flexibility index (Phi) is 12.2. The van der Waals surface area contributed by atoms with Crippen LogP contribution in [0.2, 0.25) is 0 Å². The van der Waals surface area contributed by atoms with E-state index < -0.39 is 9.84 Å². The van der Waals surface area contributed by atoms with Crippen molar-refractivity contribution in [3.63, 3.8) is 0 Å². The number of nitrogens with one attached hydrogen (secondary N) is 2. The third kappa shape index (κ3) is 9.80. The second-order valence-corrected chi connectivity index (χ2v) is 7.34. The molecule has 0 amide bonds. The summed E-state index contributed by atoms with van der Waals surface area (Å²) in [4.78, 5) is 4.05. The normalized spacial score (nSPS) is 18.8. The van der Waals surface area contributed by atoms with Crippen molar-refractivity contribution in [3.05, 3.63) is 0 Å². The Morgan fingerprint density at radius 1 is 1.36 bits per heavy atom. The van der Waals surface area contributed by atoms with Gasteiger partial charge in [-0.2, -0.15) is 0 Å². The summed E-state index contributed by atoms with van der Waals surface area (Å²) in [5.41, 5.74) is 0. The summed E-state index contributed by atoms with van der Waals surface area (Å²) in [6.45, 7) is 4.92. The molecule has 132 valence electrons. The van der Waals surface area contributed by atoms with Crippen LogP contribution in [0.1, 0.15) is 19.8 Å². The molecular weight excluding hydrogens is 421 g/mol. The molecule has 0 aromatic carbocycles. The first-order valence-corrected chi connectivity index (χ1v) is 9.24. The van der Waals surface area contributed by atoms with Crippen LogP contribution in [0.15, 0.2) is 4.99 Å². The van der Waals surface area contributed by atoms with Crippen LogP contribution in [0.4, 0.5) is 0 Å². The summed E-state index contributed by atoms with van der Waals surface area (Å²) in [5, 5.41) is 6.12. The highest BCUT2D eigenvalue weighted by molar-refractivity contribution is 14.0. The average Bonchev–Trinajstić information content (AvgIpc) is 2.98. The van der Waals surface area contributed by atoms with Crippen molar-refractivity contribution in [2.45, 2.75) is 25.9 Å². The SMILES string of the molecule is CCS(=O)(=O)CCNC(=NC)NCCCOC1CCOC1.I. The smallest absolute Gasteiger partial charge is 0.191 e. The van der Waals surface area contributed by atoms with E-state index in [9.17, 15) is 8.42 Å². The van der Waals surface area contributed by atoms with Gasteiger partial charge in [0.1, 0.15) is 0 Å². The Labute approximate surface area is 150 Å². The molecule has 0 aromatic heterocycles. The molecule has 0 aliphatic carbocycles. The van der Waals surface area contributed by atoms with Crippen LogP contribution in [0.3, 0.4) is 0 Å². The number of halogens is 1. The lowest BCUT2D eigenvalue weighted by Gasteiger charge is -2.13. The van der Waals surface area contributed by atoms with Crippen molar-refractivity contribution >= 4 is 39.8 Å². The first kappa shape index (κ1) is 21.9. The molecule has 1 saturated heterocycles. The molecule has 0 saturated carbocycles. The van der Waals surface area contributed by atoms with Gasteiger partial charge in [0, 0.05) is 39.1 Å². The van der Waals surface area contributed by atoms with Crippen molar-refractivity contribution in [2.75, 3.05) is 51.5 Å². The molecule has 1 atom stereocenters. The maximum atomic E-state index is 11.4. The van der Waals surface area contributed by atoms with Crippen LogP contribution in [-0.4, -0.2) is 71.9 Å². The van der Waals surface area contributed by atoms with Crippen LogP contribution in [0, 0.1) is 0 Å². The van der Waals surface area contributed by atoms with Crippen LogP contribution in [0.5, 0.6) is 0 Å². The zero-order chi connectivity index (χ0) is 15.6. The minimum absolute atomic E-state index is 0. The van der Waals surface area contributed by atoms with E-state index in [4.69, 9.17) is 9.47 Å². The quantitative estimate of drug-likeness (QED) is 0.229. The number of hydrogen-bond donors (Lipinski definition) is 2. The van der Waals surface area contributed by atoms with Gasteiger partial charge in [0.05, 0.1) is 18.5 Å².